The minimum absolute atomic E-state index is 0.00869. The molecule has 0 bridgehead atoms. The Hall–Kier alpha value is -3.04. The number of rotatable bonds is 3. The Morgan fingerprint density at radius 3 is 2.77 bits per heavy atom. The van der Waals surface area contributed by atoms with E-state index in [0.717, 1.165) is 27.5 Å². The minimum atomic E-state index is 0.00869. The van der Waals surface area contributed by atoms with Crippen molar-refractivity contribution in [2.75, 3.05) is 6.54 Å². The van der Waals surface area contributed by atoms with Crippen LogP contribution in [0.25, 0.3) is 0 Å². The fourth-order valence-corrected chi connectivity index (χ4v) is 4.08. The topological polar surface area (TPSA) is 72.8 Å². The van der Waals surface area contributed by atoms with Crippen molar-refractivity contribution in [1.82, 2.24) is 15.1 Å². The third-order valence-electron chi connectivity index (χ3n) is 4.43. The van der Waals surface area contributed by atoms with Gasteiger partial charge in [-0.25, -0.2) is 0 Å². The van der Waals surface area contributed by atoms with E-state index < -0.39 is 0 Å². The molecule has 128 valence electrons. The molecule has 6 heteroatoms. The monoisotopic (exact) mass is 360 g/mol. The molecular weight excluding hydrogens is 344 g/mol. The van der Waals surface area contributed by atoms with Crippen molar-refractivity contribution in [3.63, 3.8) is 0 Å². The zero-order valence-corrected chi connectivity index (χ0v) is 14.8. The van der Waals surface area contributed by atoms with Gasteiger partial charge in [0.05, 0.1) is 17.3 Å². The van der Waals surface area contributed by atoms with Gasteiger partial charge >= 0.3 is 0 Å². The summed E-state index contributed by atoms with van der Waals surface area (Å²) in [5, 5.41) is 16.4. The summed E-state index contributed by atoms with van der Waals surface area (Å²) in [4.78, 5) is 16.7. The molecule has 2 heterocycles. The van der Waals surface area contributed by atoms with Gasteiger partial charge in [-0.05, 0) is 24.3 Å². The number of hydrogen-bond donors (Lipinski definition) is 1. The highest BCUT2D eigenvalue weighted by Crippen LogP contribution is 2.33. The average molecular weight is 360 g/mol. The summed E-state index contributed by atoms with van der Waals surface area (Å²) in [6.45, 7) is 1.24. The van der Waals surface area contributed by atoms with Gasteiger partial charge in [-0.15, -0.1) is 0 Å². The molecule has 0 unspecified atom stereocenters. The first-order valence-corrected chi connectivity index (χ1v) is 9.14. The number of H-pyrrole nitrogens is 1. The third kappa shape index (κ3) is 3.09. The first kappa shape index (κ1) is 16.4. The summed E-state index contributed by atoms with van der Waals surface area (Å²) >= 11 is 1.46. The number of amides is 1. The van der Waals surface area contributed by atoms with Crippen LogP contribution in [0, 0.1) is 11.3 Å². The first-order chi connectivity index (χ1) is 12.8. The Balaban J connectivity index is 1.62. The number of fused-ring (bicyclic) bond motifs is 1. The van der Waals surface area contributed by atoms with Gasteiger partial charge in [-0.2, -0.15) is 10.4 Å². The Bertz CT molecular complexity index is 1000. The fourth-order valence-electron chi connectivity index (χ4n) is 3.06. The lowest BCUT2D eigenvalue weighted by atomic mass is 10.1. The van der Waals surface area contributed by atoms with Crippen molar-refractivity contribution >= 4 is 17.7 Å². The van der Waals surface area contributed by atoms with E-state index in [0.29, 0.717) is 24.2 Å². The summed E-state index contributed by atoms with van der Waals surface area (Å²) in [5.41, 5.74) is 3.46. The Kier molecular flexibility index (Phi) is 4.46. The highest BCUT2D eigenvalue weighted by atomic mass is 32.2. The molecule has 0 saturated heterocycles. The maximum Gasteiger partial charge on any atom is 0.255 e. The molecule has 0 aliphatic carbocycles. The summed E-state index contributed by atoms with van der Waals surface area (Å²) < 4.78 is 0. The number of nitrogens with one attached hydrogen (secondary N) is 1. The van der Waals surface area contributed by atoms with Gasteiger partial charge in [0.25, 0.3) is 5.91 Å². The number of nitrogens with zero attached hydrogens (tertiary/aromatic N) is 3. The van der Waals surface area contributed by atoms with E-state index in [2.05, 4.69) is 16.3 Å². The number of aromatic nitrogens is 2. The van der Waals surface area contributed by atoms with Crippen LogP contribution in [0.15, 0.2) is 64.5 Å². The van der Waals surface area contributed by atoms with Crippen LogP contribution in [0.2, 0.25) is 0 Å². The van der Waals surface area contributed by atoms with Crippen LogP contribution in [-0.2, 0) is 13.0 Å². The van der Waals surface area contributed by atoms with Crippen molar-refractivity contribution in [3.05, 3.63) is 77.1 Å². The predicted molar refractivity (Wildman–Crippen MR) is 98.8 cm³/mol. The molecule has 3 aromatic rings. The molecular formula is C20H16N4OS. The molecule has 0 saturated carbocycles. The largest absolute Gasteiger partial charge is 0.334 e. The van der Waals surface area contributed by atoms with Crippen LogP contribution in [-0.4, -0.2) is 27.5 Å². The van der Waals surface area contributed by atoms with Gasteiger partial charge in [0.2, 0.25) is 0 Å². The van der Waals surface area contributed by atoms with E-state index in [4.69, 9.17) is 0 Å². The fraction of sp³-hybridized carbons (Fsp3) is 0.150. The summed E-state index contributed by atoms with van der Waals surface area (Å²) in [7, 11) is 0. The molecule has 1 amide bonds. The third-order valence-corrected chi connectivity index (χ3v) is 5.58. The molecule has 0 fully saturated rings. The predicted octanol–water partition coefficient (Wildman–Crippen LogP) is 3.63. The second kappa shape index (κ2) is 7.06. The second-order valence-electron chi connectivity index (χ2n) is 6.06. The molecule has 26 heavy (non-hydrogen) atoms. The molecule has 0 atom stereocenters. The highest BCUT2D eigenvalue weighted by molar-refractivity contribution is 7.99. The van der Waals surface area contributed by atoms with Crippen LogP contribution in [0.1, 0.15) is 27.2 Å². The summed E-state index contributed by atoms with van der Waals surface area (Å²) in [6, 6.07) is 17.2. The molecule has 2 aromatic carbocycles. The minimum Gasteiger partial charge on any atom is -0.334 e. The SMILES string of the molecule is N#Cc1ccccc1Sc1ccccc1C(=O)N1CCc2[nH]ncc2C1. The maximum atomic E-state index is 13.1. The number of carbonyl (C=O) groups is 1. The number of benzene rings is 2. The number of nitriles is 1. The van der Waals surface area contributed by atoms with Gasteiger partial charge in [-0.3, -0.25) is 9.89 Å². The average Bonchev–Trinajstić information content (AvgIpc) is 3.16. The van der Waals surface area contributed by atoms with E-state index in [9.17, 15) is 10.1 Å². The normalized spacial score (nSPS) is 13.1. The number of aromatic amines is 1. The van der Waals surface area contributed by atoms with E-state index in [-0.39, 0.29) is 5.91 Å². The van der Waals surface area contributed by atoms with Crippen LogP contribution in [0.3, 0.4) is 0 Å². The molecule has 0 radical (unpaired) electrons. The van der Waals surface area contributed by atoms with Gasteiger partial charge in [0.1, 0.15) is 6.07 Å². The van der Waals surface area contributed by atoms with Crippen LogP contribution >= 0.6 is 11.8 Å². The molecule has 0 spiro atoms. The number of carbonyl (C=O) groups excluding carboxylic acids is 1. The van der Waals surface area contributed by atoms with Crippen molar-refractivity contribution in [3.8, 4) is 6.07 Å². The van der Waals surface area contributed by atoms with Crippen molar-refractivity contribution in [1.29, 1.82) is 5.26 Å². The lowest BCUT2D eigenvalue weighted by molar-refractivity contribution is 0.0731. The highest BCUT2D eigenvalue weighted by Gasteiger charge is 2.24. The van der Waals surface area contributed by atoms with Crippen LogP contribution in [0.4, 0.5) is 0 Å². The zero-order chi connectivity index (χ0) is 17.9. The molecule has 1 N–H and O–H groups in total. The van der Waals surface area contributed by atoms with Gasteiger partial charge in [-0.1, -0.05) is 36.0 Å². The van der Waals surface area contributed by atoms with Crippen molar-refractivity contribution in [2.24, 2.45) is 0 Å². The smallest absolute Gasteiger partial charge is 0.255 e. The first-order valence-electron chi connectivity index (χ1n) is 8.32. The second-order valence-corrected chi connectivity index (χ2v) is 7.14. The number of hydrogen-bond acceptors (Lipinski definition) is 4. The standard InChI is InChI=1S/C20H16N4OS/c21-11-14-5-1-3-7-18(14)26-19-8-4-2-6-16(19)20(25)24-10-9-17-15(13-24)12-22-23-17/h1-8,12H,9-10,13H2,(H,22,23). The Morgan fingerprint density at radius 1 is 1.15 bits per heavy atom. The lowest BCUT2D eigenvalue weighted by Gasteiger charge is -2.27. The van der Waals surface area contributed by atoms with Crippen LogP contribution < -0.4 is 0 Å². The molecule has 1 aliphatic rings. The van der Waals surface area contributed by atoms with E-state index >= 15 is 0 Å². The van der Waals surface area contributed by atoms with Gasteiger partial charge < -0.3 is 4.90 Å². The molecule has 5 nitrogen and oxygen atoms in total. The molecule has 1 aromatic heterocycles. The van der Waals surface area contributed by atoms with E-state index in [1.54, 1.807) is 12.3 Å². The van der Waals surface area contributed by atoms with Gasteiger partial charge in [0, 0.05) is 40.6 Å². The van der Waals surface area contributed by atoms with Crippen molar-refractivity contribution < 1.29 is 4.79 Å². The zero-order valence-electron chi connectivity index (χ0n) is 14.0. The van der Waals surface area contributed by atoms with Crippen molar-refractivity contribution in [2.45, 2.75) is 22.8 Å². The lowest BCUT2D eigenvalue weighted by Crippen LogP contribution is -2.35. The summed E-state index contributed by atoms with van der Waals surface area (Å²) in [5.74, 6) is 0.00869. The maximum absolute atomic E-state index is 13.1. The molecule has 4 rings (SSSR count). The van der Waals surface area contributed by atoms with E-state index in [1.807, 2.05) is 47.4 Å². The Labute approximate surface area is 155 Å². The Morgan fingerprint density at radius 2 is 1.92 bits per heavy atom. The molecule has 1 aliphatic heterocycles. The van der Waals surface area contributed by atoms with Crippen LogP contribution in [0.5, 0.6) is 0 Å². The quantitative estimate of drug-likeness (QED) is 0.774. The van der Waals surface area contributed by atoms with Gasteiger partial charge in [0.15, 0.2) is 0 Å². The van der Waals surface area contributed by atoms with E-state index in [1.165, 1.54) is 11.8 Å². The summed E-state index contributed by atoms with van der Waals surface area (Å²) in [6.07, 6.45) is 2.58.